The number of furan rings is 1. The number of aryl methyl sites for hydroxylation is 1. The molecule has 15 aromatic rings. The molecular formula is C63H34N4OS2. The lowest BCUT2D eigenvalue weighted by Crippen LogP contribution is -2.09. The van der Waals surface area contributed by atoms with Crippen molar-refractivity contribution >= 4 is 134 Å². The molecule has 0 radical (unpaired) electrons. The van der Waals surface area contributed by atoms with Crippen LogP contribution >= 0.6 is 22.7 Å². The Morgan fingerprint density at radius 1 is 0.500 bits per heavy atom. The molecule has 15 rings (SSSR count). The van der Waals surface area contributed by atoms with Gasteiger partial charge in [0.1, 0.15) is 11.7 Å². The number of hydrogen-bond acceptors (Lipinski definition) is 4. The van der Waals surface area contributed by atoms with Gasteiger partial charge in [-0.2, -0.15) is 5.26 Å². The van der Waals surface area contributed by atoms with Crippen LogP contribution in [-0.4, -0.2) is 9.13 Å². The molecule has 5 heterocycles. The van der Waals surface area contributed by atoms with Crippen LogP contribution in [0.15, 0.2) is 192 Å². The molecule has 0 fully saturated rings. The fourth-order valence-electron chi connectivity index (χ4n) is 11.7. The van der Waals surface area contributed by atoms with Crippen LogP contribution in [0.2, 0.25) is 0 Å². The first-order valence-electron chi connectivity index (χ1n) is 23.3. The molecule has 0 unspecified atom stereocenters. The molecule has 324 valence electrons. The van der Waals surface area contributed by atoms with E-state index in [1.54, 1.807) is 22.7 Å². The molecule has 70 heavy (non-hydrogen) atoms. The third-order valence-corrected chi connectivity index (χ3v) is 16.9. The zero-order valence-electron chi connectivity index (χ0n) is 37.4. The van der Waals surface area contributed by atoms with Crippen LogP contribution in [0.1, 0.15) is 11.1 Å². The van der Waals surface area contributed by atoms with Gasteiger partial charge in [0.2, 0.25) is 5.69 Å². The largest absolute Gasteiger partial charge is 0.454 e. The van der Waals surface area contributed by atoms with Gasteiger partial charge in [0.25, 0.3) is 0 Å². The molecule has 0 N–H and O–H groups in total. The van der Waals surface area contributed by atoms with E-state index in [0.29, 0.717) is 22.5 Å². The van der Waals surface area contributed by atoms with Crippen LogP contribution in [0, 0.1) is 24.8 Å². The lowest BCUT2D eigenvalue weighted by molar-refractivity contribution is 0.671. The number of fused-ring (bicyclic) bond motifs is 18. The SMILES string of the molecule is [C-]#[N+]c1c(-c2ccccc2)c(C#N)c(-n2c3ccccc3c3cc(C)c4c5ccccc5oc4c32)c(-c2ccccc2)c1-n1c2c(ccc3c4ccccc4sc32)c2ccc3c4ccccc4sc3c21. The normalized spacial score (nSPS) is 12.0. The van der Waals surface area contributed by atoms with Crippen LogP contribution in [-0.2, 0) is 0 Å². The first kappa shape index (κ1) is 39.1. The third kappa shape index (κ3) is 5.12. The number of para-hydroxylation sites is 2. The van der Waals surface area contributed by atoms with Crippen molar-refractivity contribution in [2.75, 3.05) is 0 Å². The van der Waals surface area contributed by atoms with Gasteiger partial charge in [0.05, 0.1) is 55.0 Å². The highest BCUT2D eigenvalue weighted by atomic mass is 32.1. The molecule has 0 atom stereocenters. The van der Waals surface area contributed by atoms with Crippen molar-refractivity contribution in [3.8, 4) is 39.7 Å². The maximum Gasteiger partial charge on any atom is 0.220 e. The Kier molecular flexibility index (Phi) is 8.10. The van der Waals surface area contributed by atoms with Crippen LogP contribution in [0.25, 0.3) is 144 Å². The molecular weight excluding hydrogens is 893 g/mol. The fraction of sp³-hybridized carbons (Fsp3) is 0.0159. The summed E-state index contributed by atoms with van der Waals surface area (Å²) in [6, 6.07) is 68.7. The molecule has 0 saturated carbocycles. The molecule has 0 spiro atoms. The Bertz CT molecular complexity index is 4730. The van der Waals surface area contributed by atoms with Crippen LogP contribution in [0.3, 0.4) is 0 Å². The second-order valence-corrected chi connectivity index (χ2v) is 20.2. The maximum absolute atomic E-state index is 12.1. The monoisotopic (exact) mass is 926 g/mol. The van der Waals surface area contributed by atoms with Crippen molar-refractivity contribution in [2.24, 2.45) is 0 Å². The van der Waals surface area contributed by atoms with Crippen molar-refractivity contribution in [2.45, 2.75) is 6.92 Å². The number of nitrogens with zero attached hydrogens (tertiary/aromatic N) is 4. The van der Waals surface area contributed by atoms with Gasteiger partial charge in [-0.1, -0.05) is 158 Å². The molecule has 0 amide bonds. The summed E-state index contributed by atoms with van der Waals surface area (Å²) in [5, 5.41) is 23.2. The molecule has 5 nitrogen and oxygen atoms in total. The summed E-state index contributed by atoms with van der Waals surface area (Å²) in [5.41, 5.74) is 11.8. The first-order valence-corrected chi connectivity index (χ1v) is 24.9. The van der Waals surface area contributed by atoms with Crippen LogP contribution in [0.5, 0.6) is 0 Å². The zero-order valence-corrected chi connectivity index (χ0v) is 39.0. The molecule has 7 heteroatoms. The van der Waals surface area contributed by atoms with Crippen LogP contribution in [0.4, 0.5) is 5.69 Å². The van der Waals surface area contributed by atoms with Crippen molar-refractivity contribution in [3.63, 3.8) is 0 Å². The molecule has 0 aliphatic rings. The predicted molar refractivity (Wildman–Crippen MR) is 295 cm³/mol. The minimum absolute atomic E-state index is 0.408. The van der Waals surface area contributed by atoms with Crippen molar-refractivity contribution < 1.29 is 4.42 Å². The second kappa shape index (κ2) is 14.5. The topological polar surface area (TPSA) is 51.1 Å². The Morgan fingerprint density at radius 2 is 1.03 bits per heavy atom. The highest BCUT2D eigenvalue weighted by Gasteiger charge is 2.34. The lowest BCUT2D eigenvalue weighted by Gasteiger charge is -2.26. The van der Waals surface area contributed by atoms with Gasteiger partial charge in [-0.3, -0.25) is 0 Å². The van der Waals surface area contributed by atoms with E-state index in [1.807, 2.05) is 48.5 Å². The van der Waals surface area contributed by atoms with Crippen LogP contribution < -0.4 is 0 Å². The standard InChI is InChI=1S/C63H34N4OS2/c1-35-33-46-38-21-9-13-25-48(38)66(57(46)61-52(35)45-24-10-14-26-49(45)68-61)56-47(34-64)53(36-17-5-3-6-18-36)55(65-2)60(54(56)37-19-7-4-8-20-37)67-58-41(29-31-43-39-22-11-15-27-50(39)69-62(43)58)42-30-32-44-40-23-12-16-28-51(40)70-63(44)59(42)67/h3-33H,1H3. The number of hydrogen-bond donors (Lipinski definition) is 0. The molecule has 0 bridgehead atoms. The summed E-state index contributed by atoms with van der Waals surface area (Å²) < 4.78 is 16.4. The Labute approximate surface area is 407 Å². The first-order chi connectivity index (χ1) is 34.6. The van der Waals surface area contributed by atoms with E-state index < -0.39 is 0 Å². The van der Waals surface area contributed by atoms with Gasteiger partial charge in [-0.15, -0.1) is 22.7 Å². The van der Waals surface area contributed by atoms with E-state index in [9.17, 15) is 11.8 Å². The predicted octanol–water partition coefficient (Wildman–Crippen LogP) is 18.6. The quantitative estimate of drug-likeness (QED) is 0.165. The lowest BCUT2D eigenvalue weighted by atomic mass is 9.88. The number of nitriles is 1. The van der Waals surface area contributed by atoms with Crippen molar-refractivity contribution in [1.82, 2.24) is 9.13 Å². The maximum atomic E-state index is 12.1. The summed E-state index contributed by atoms with van der Waals surface area (Å²) in [6.07, 6.45) is 0. The average Bonchev–Trinajstić information content (AvgIpc) is 4.23. The van der Waals surface area contributed by atoms with Gasteiger partial charge < -0.3 is 13.6 Å². The smallest absolute Gasteiger partial charge is 0.220 e. The van der Waals surface area contributed by atoms with Crippen molar-refractivity contribution in [1.29, 1.82) is 5.26 Å². The molecule has 5 aromatic heterocycles. The summed E-state index contributed by atoms with van der Waals surface area (Å²) in [5.74, 6) is 0. The highest BCUT2D eigenvalue weighted by molar-refractivity contribution is 7.27. The number of thiophene rings is 2. The third-order valence-electron chi connectivity index (χ3n) is 14.5. The van der Waals surface area contributed by atoms with E-state index in [1.165, 1.54) is 20.2 Å². The van der Waals surface area contributed by atoms with Gasteiger partial charge in [-0.25, -0.2) is 4.85 Å². The van der Waals surface area contributed by atoms with E-state index in [-0.39, 0.29) is 0 Å². The Morgan fingerprint density at radius 3 is 1.64 bits per heavy atom. The molecule has 0 aliphatic heterocycles. The summed E-state index contributed by atoms with van der Waals surface area (Å²) in [7, 11) is 0. The summed E-state index contributed by atoms with van der Waals surface area (Å²) >= 11 is 3.59. The van der Waals surface area contributed by atoms with E-state index in [2.05, 4.69) is 166 Å². The Hall–Kier alpha value is -8.98. The minimum atomic E-state index is 0.408. The van der Waals surface area contributed by atoms with Gasteiger partial charge in [-0.05, 0) is 53.9 Å². The number of benzene rings is 10. The van der Waals surface area contributed by atoms with Gasteiger partial charge in [0, 0.05) is 74.4 Å². The minimum Gasteiger partial charge on any atom is -0.454 e. The average molecular weight is 927 g/mol. The van der Waals surface area contributed by atoms with E-state index in [0.717, 1.165) is 114 Å². The zero-order chi connectivity index (χ0) is 46.4. The van der Waals surface area contributed by atoms with E-state index in [4.69, 9.17) is 4.42 Å². The highest BCUT2D eigenvalue weighted by Crippen LogP contribution is 2.55. The van der Waals surface area contributed by atoms with Gasteiger partial charge in [0.15, 0.2) is 5.58 Å². The Balaban J connectivity index is 1.27. The fourth-order valence-corrected chi connectivity index (χ4v) is 14.1. The summed E-state index contributed by atoms with van der Waals surface area (Å²) in [6.45, 7) is 11.7. The molecule has 0 saturated heterocycles. The number of rotatable bonds is 4. The van der Waals surface area contributed by atoms with E-state index >= 15 is 0 Å². The summed E-state index contributed by atoms with van der Waals surface area (Å²) in [4.78, 5) is 4.65. The molecule has 10 aromatic carbocycles. The van der Waals surface area contributed by atoms with Gasteiger partial charge >= 0.3 is 0 Å². The molecule has 0 aliphatic carbocycles. The van der Waals surface area contributed by atoms with Crippen molar-refractivity contribution in [3.05, 3.63) is 211 Å². The number of aromatic nitrogens is 2. The second-order valence-electron chi connectivity index (χ2n) is 18.1.